The van der Waals surface area contributed by atoms with Gasteiger partial charge < -0.3 is 4.74 Å². The van der Waals surface area contributed by atoms with Crippen molar-refractivity contribution < 1.29 is 32.1 Å². The molecule has 1 amide bonds. The van der Waals surface area contributed by atoms with Gasteiger partial charge in [-0.25, -0.2) is 14.0 Å². The van der Waals surface area contributed by atoms with Crippen molar-refractivity contribution in [2.24, 2.45) is 0 Å². The number of piperidine rings is 1. The van der Waals surface area contributed by atoms with E-state index in [2.05, 4.69) is 5.87 Å². The Kier molecular flexibility index (Phi) is 6.85. The number of carbonyl (C=O) groups excluding carboxylic acids is 1. The largest absolute Gasteiger partial charge is 0.490 e. The van der Waals surface area contributed by atoms with Gasteiger partial charge in [0, 0.05) is 13.1 Å². The highest BCUT2D eigenvalue weighted by molar-refractivity contribution is 7.98. The van der Waals surface area contributed by atoms with Crippen LogP contribution in [-0.2, 0) is 15.9 Å². The molecule has 3 rings (SSSR count). The number of alkyl halides is 3. The summed E-state index contributed by atoms with van der Waals surface area (Å²) in [6.07, 6.45) is -3.78. The molecular weight excluding hydrogens is 457 g/mol. The molecule has 1 atom stereocenters. The number of benzene rings is 2. The van der Waals surface area contributed by atoms with Gasteiger partial charge in [-0.15, -0.1) is 0 Å². The standard InChI is InChI=1S/C20H20ClF3N2O4S/c1-31(29,17-4-2-3-16(21)18(17)19(27)25-28)26-11-9-15(10-12-26)30-14-7-5-13(6-8-14)20(22,23)24/h2-8,15,28H,1,9-12H2,(H,25,27). The molecule has 0 saturated carbocycles. The Morgan fingerprint density at radius 2 is 1.81 bits per heavy atom. The van der Waals surface area contributed by atoms with E-state index in [4.69, 9.17) is 21.5 Å². The second kappa shape index (κ2) is 9.07. The van der Waals surface area contributed by atoms with Gasteiger partial charge in [-0.3, -0.25) is 10.0 Å². The van der Waals surface area contributed by atoms with Crippen LogP contribution in [0.4, 0.5) is 13.2 Å². The first kappa shape index (κ1) is 23.4. The van der Waals surface area contributed by atoms with Gasteiger partial charge in [-0.05, 0) is 55.1 Å². The number of nitrogens with one attached hydrogen (secondary N) is 1. The predicted molar refractivity (Wildman–Crippen MR) is 111 cm³/mol. The van der Waals surface area contributed by atoms with E-state index in [0.29, 0.717) is 31.7 Å². The number of amides is 1. The summed E-state index contributed by atoms with van der Waals surface area (Å²) in [7, 11) is -3.09. The molecule has 6 nitrogen and oxygen atoms in total. The molecule has 1 heterocycles. The third-order valence-electron chi connectivity index (χ3n) is 4.95. The van der Waals surface area contributed by atoms with Gasteiger partial charge in [0.05, 0.1) is 30.8 Å². The fraction of sp³-hybridized carbons (Fsp3) is 0.300. The van der Waals surface area contributed by atoms with E-state index in [1.807, 2.05) is 0 Å². The van der Waals surface area contributed by atoms with Crippen molar-refractivity contribution in [2.45, 2.75) is 30.0 Å². The van der Waals surface area contributed by atoms with E-state index < -0.39 is 27.4 Å². The number of hydroxylamine groups is 1. The minimum atomic E-state index is -4.41. The van der Waals surface area contributed by atoms with Crippen LogP contribution in [0, 0.1) is 0 Å². The number of hydrogen-bond donors (Lipinski definition) is 2. The molecule has 0 radical (unpaired) electrons. The number of ether oxygens (including phenoxy) is 1. The smallest absolute Gasteiger partial charge is 0.416 e. The van der Waals surface area contributed by atoms with Crippen molar-refractivity contribution in [3.63, 3.8) is 0 Å². The van der Waals surface area contributed by atoms with Gasteiger partial charge in [0.1, 0.15) is 11.9 Å². The van der Waals surface area contributed by atoms with Gasteiger partial charge in [0.15, 0.2) is 0 Å². The molecule has 0 bridgehead atoms. The van der Waals surface area contributed by atoms with Crippen LogP contribution in [0.3, 0.4) is 0 Å². The van der Waals surface area contributed by atoms with Gasteiger partial charge >= 0.3 is 6.18 Å². The lowest BCUT2D eigenvalue weighted by Gasteiger charge is -2.34. The first-order chi connectivity index (χ1) is 14.5. The summed E-state index contributed by atoms with van der Waals surface area (Å²) >= 11 is 6.07. The molecule has 1 unspecified atom stereocenters. The molecule has 2 N–H and O–H groups in total. The normalized spacial score (nSPS) is 17.7. The maximum Gasteiger partial charge on any atom is 0.416 e. The highest BCUT2D eigenvalue weighted by atomic mass is 35.5. The summed E-state index contributed by atoms with van der Waals surface area (Å²) in [5, 5.41) is 9.01. The van der Waals surface area contributed by atoms with Crippen LogP contribution >= 0.6 is 11.6 Å². The van der Waals surface area contributed by atoms with Crippen molar-refractivity contribution in [1.82, 2.24) is 9.79 Å². The lowest BCUT2D eigenvalue weighted by atomic mass is 10.1. The molecule has 31 heavy (non-hydrogen) atoms. The van der Waals surface area contributed by atoms with Crippen LogP contribution in [0.1, 0.15) is 28.8 Å². The SMILES string of the molecule is C=S(=O)(c1cccc(Cl)c1C(=O)NO)N1CCC(Oc2ccc(C(F)(F)F)cc2)CC1. The second-order valence-corrected chi connectivity index (χ2v) is 9.61. The van der Waals surface area contributed by atoms with Crippen molar-refractivity contribution in [2.75, 3.05) is 13.1 Å². The summed E-state index contributed by atoms with van der Waals surface area (Å²) in [5.41, 5.74) is 0.630. The molecule has 0 aromatic heterocycles. The summed E-state index contributed by atoms with van der Waals surface area (Å²) in [6, 6.07) is 8.90. The lowest BCUT2D eigenvalue weighted by molar-refractivity contribution is -0.137. The minimum absolute atomic E-state index is 0.0287. The molecule has 0 aliphatic carbocycles. The molecule has 2 aromatic carbocycles. The monoisotopic (exact) mass is 476 g/mol. The predicted octanol–water partition coefficient (Wildman–Crippen LogP) is 4.01. The van der Waals surface area contributed by atoms with Crippen molar-refractivity contribution >= 4 is 33.1 Å². The van der Waals surface area contributed by atoms with E-state index in [1.165, 1.54) is 35.8 Å². The Morgan fingerprint density at radius 1 is 1.19 bits per heavy atom. The molecule has 11 heteroatoms. The number of halogens is 4. The average Bonchev–Trinajstić information content (AvgIpc) is 2.73. The third-order valence-corrected chi connectivity index (χ3v) is 7.49. The highest BCUT2D eigenvalue weighted by Gasteiger charge is 2.31. The van der Waals surface area contributed by atoms with E-state index in [-0.39, 0.29) is 21.6 Å². The summed E-state index contributed by atoms with van der Waals surface area (Å²) in [6.45, 7) is 0.640. The Morgan fingerprint density at radius 3 is 2.35 bits per heavy atom. The van der Waals surface area contributed by atoms with Crippen LogP contribution in [0.25, 0.3) is 0 Å². The third kappa shape index (κ3) is 5.15. The Hall–Kier alpha value is -2.27. The number of rotatable bonds is 5. The fourth-order valence-electron chi connectivity index (χ4n) is 3.35. The van der Waals surface area contributed by atoms with Crippen LogP contribution in [0.5, 0.6) is 5.75 Å². The van der Waals surface area contributed by atoms with E-state index >= 15 is 0 Å². The molecule has 0 spiro atoms. The van der Waals surface area contributed by atoms with Gasteiger partial charge in [0.25, 0.3) is 5.91 Å². The molecule has 1 aliphatic heterocycles. The van der Waals surface area contributed by atoms with Crippen molar-refractivity contribution in [1.29, 1.82) is 0 Å². The van der Waals surface area contributed by atoms with E-state index in [0.717, 1.165) is 12.1 Å². The summed E-state index contributed by atoms with van der Waals surface area (Å²) < 4.78 is 58.9. The fourth-order valence-corrected chi connectivity index (χ4v) is 5.55. The summed E-state index contributed by atoms with van der Waals surface area (Å²) in [5.74, 6) is 3.24. The number of nitrogens with zero attached hydrogens (tertiary/aromatic N) is 1. The highest BCUT2D eigenvalue weighted by Crippen LogP contribution is 2.32. The van der Waals surface area contributed by atoms with Gasteiger partial charge in [-0.1, -0.05) is 17.7 Å². The van der Waals surface area contributed by atoms with Crippen LogP contribution in [0.2, 0.25) is 5.02 Å². The number of carbonyl (C=O) groups is 1. The van der Waals surface area contributed by atoms with Crippen molar-refractivity contribution in [3.8, 4) is 5.75 Å². The zero-order valence-corrected chi connectivity index (χ0v) is 17.8. The molecule has 1 aliphatic rings. The lowest BCUT2D eigenvalue weighted by Crippen LogP contribution is -2.42. The first-order valence-corrected chi connectivity index (χ1v) is 11.3. The zero-order valence-electron chi connectivity index (χ0n) is 16.2. The van der Waals surface area contributed by atoms with E-state index in [9.17, 15) is 22.2 Å². The Balaban J connectivity index is 1.70. The molecule has 1 fully saturated rings. The quantitative estimate of drug-likeness (QED) is 0.388. The topological polar surface area (TPSA) is 78.9 Å². The van der Waals surface area contributed by atoms with Crippen molar-refractivity contribution in [3.05, 3.63) is 58.6 Å². The molecular formula is C20H20ClF3N2O4S. The van der Waals surface area contributed by atoms with E-state index in [1.54, 1.807) is 4.31 Å². The minimum Gasteiger partial charge on any atom is -0.490 e. The van der Waals surface area contributed by atoms with Crippen LogP contribution < -0.4 is 10.2 Å². The Bertz CT molecular complexity index is 1050. The molecule has 2 aromatic rings. The molecule has 168 valence electrons. The first-order valence-electron chi connectivity index (χ1n) is 9.23. The molecule has 1 saturated heterocycles. The summed E-state index contributed by atoms with van der Waals surface area (Å²) in [4.78, 5) is 12.1. The number of hydrogen-bond acceptors (Lipinski definition) is 4. The maximum absolute atomic E-state index is 13.5. The average molecular weight is 477 g/mol. The maximum atomic E-state index is 13.5. The Labute approximate surface area is 182 Å². The second-order valence-electron chi connectivity index (χ2n) is 6.96. The van der Waals surface area contributed by atoms with Crippen LogP contribution in [0.15, 0.2) is 47.4 Å². The van der Waals surface area contributed by atoms with Gasteiger partial charge in [0.2, 0.25) is 0 Å². The zero-order chi connectivity index (χ0) is 22.8. The van der Waals surface area contributed by atoms with Gasteiger partial charge in [-0.2, -0.15) is 13.2 Å². The van der Waals surface area contributed by atoms with Crippen LogP contribution in [-0.4, -0.2) is 44.7 Å².